The Morgan fingerprint density at radius 2 is 1.77 bits per heavy atom. The number of likely N-dealkylation sites (N-methyl/N-ethyl adjacent to an activating group) is 1. The fourth-order valence-corrected chi connectivity index (χ4v) is 3.51. The number of ether oxygens (including phenoxy) is 1. The van der Waals surface area contributed by atoms with Gasteiger partial charge < -0.3 is 14.5 Å². The molecule has 6 nitrogen and oxygen atoms in total. The number of piperidine rings is 1. The molecule has 0 atom stereocenters. The molecular formula is C20H31N5O. The SMILES string of the molecule is CCN1CCN(CC#CCOC2CCN(c3cc(C)ncn3)CC2)CC1. The normalized spacial score (nSPS) is 20.0. The van der Waals surface area contributed by atoms with Gasteiger partial charge in [0.25, 0.3) is 0 Å². The Hall–Kier alpha value is -1.68. The third-order valence-electron chi connectivity index (χ3n) is 5.29. The molecule has 26 heavy (non-hydrogen) atoms. The lowest BCUT2D eigenvalue weighted by atomic mass is 10.1. The fraction of sp³-hybridized carbons (Fsp3) is 0.700. The second-order valence-electron chi connectivity index (χ2n) is 7.08. The van der Waals surface area contributed by atoms with Crippen molar-refractivity contribution in [1.82, 2.24) is 19.8 Å². The monoisotopic (exact) mass is 357 g/mol. The van der Waals surface area contributed by atoms with Crippen LogP contribution in [0.5, 0.6) is 0 Å². The lowest BCUT2D eigenvalue weighted by molar-refractivity contribution is 0.0593. The minimum Gasteiger partial charge on any atom is -0.365 e. The summed E-state index contributed by atoms with van der Waals surface area (Å²) < 4.78 is 5.95. The molecular weight excluding hydrogens is 326 g/mol. The zero-order chi connectivity index (χ0) is 18.2. The van der Waals surface area contributed by atoms with Crippen LogP contribution in [-0.2, 0) is 4.74 Å². The molecule has 0 radical (unpaired) electrons. The zero-order valence-electron chi connectivity index (χ0n) is 16.2. The van der Waals surface area contributed by atoms with Gasteiger partial charge in [-0.1, -0.05) is 18.8 Å². The van der Waals surface area contributed by atoms with Gasteiger partial charge in [0.15, 0.2) is 0 Å². The van der Waals surface area contributed by atoms with Gasteiger partial charge in [-0.15, -0.1) is 0 Å². The molecule has 2 fully saturated rings. The van der Waals surface area contributed by atoms with Gasteiger partial charge in [0.1, 0.15) is 18.8 Å². The highest BCUT2D eigenvalue weighted by Crippen LogP contribution is 2.19. The van der Waals surface area contributed by atoms with Crippen molar-refractivity contribution in [2.75, 3.05) is 63.9 Å². The van der Waals surface area contributed by atoms with Crippen molar-refractivity contribution in [2.24, 2.45) is 0 Å². The topological polar surface area (TPSA) is 44.7 Å². The van der Waals surface area contributed by atoms with Crippen molar-refractivity contribution >= 4 is 5.82 Å². The van der Waals surface area contributed by atoms with E-state index in [0.29, 0.717) is 12.7 Å². The van der Waals surface area contributed by atoms with Gasteiger partial charge in [0, 0.05) is 51.0 Å². The molecule has 3 rings (SSSR count). The molecule has 0 aromatic carbocycles. The number of hydrogen-bond acceptors (Lipinski definition) is 6. The lowest BCUT2D eigenvalue weighted by Gasteiger charge is -2.32. The van der Waals surface area contributed by atoms with Gasteiger partial charge in [-0.25, -0.2) is 9.97 Å². The molecule has 1 aromatic heterocycles. The highest BCUT2D eigenvalue weighted by molar-refractivity contribution is 5.39. The van der Waals surface area contributed by atoms with E-state index in [4.69, 9.17) is 4.74 Å². The number of hydrogen-bond donors (Lipinski definition) is 0. The maximum absolute atomic E-state index is 5.95. The van der Waals surface area contributed by atoms with Crippen LogP contribution in [-0.4, -0.2) is 84.8 Å². The third-order valence-corrected chi connectivity index (χ3v) is 5.29. The summed E-state index contributed by atoms with van der Waals surface area (Å²) in [5, 5.41) is 0. The van der Waals surface area contributed by atoms with Crippen LogP contribution in [0.15, 0.2) is 12.4 Å². The van der Waals surface area contributed by atoms with E-state index in [1.807, 2.05) is 13.0 Å². The Morgan fingerprint density at radius 1 is 1.04 bits per heavy atom. The molecule has 2 aliphatic rings. The van der Waals surface area contributed by atoms with Crippen molar-refractivity contribution in [3.63, 3.8) is 0 Å². The molecule has 142 valence electrons. The van der Waals surface area contributed by atoms with Crippen molar-refractivity contribution in [1.29, 1.82) is 0 Å². The Bertz CT molecular complexity index is 610. The molecule has 6 heteroatoms. The predicted octanol–water partition coefficient (Wildman–Crippen LogP) is 1.41. The van der Waals surface area contributed by atoms with E-state index >= 15 is 0 Å². The van der Waals surface area contributed by atoms with Crippen LogP contribution in [0.1, 0.15) is 25.5 Å². The molecule has 0 amide bonds. The Balaban J connectivity index is 1.31. The van der Waals surface area contributed by atoms with Crippen LogP contribution in [0, 0.1) is 18.8 Å². The molecule has 2 aliphatic heterocycles. The highest BCUT2D eigenvalue weighted by Gasteiger charge is 2.20. The van der Waals surface area contributed by atoms with E-state index in [9.17, 15) is 0 Å². The van der Waals surface area contributed by atoms with Crippen LogP contribution in [0.3, 0.4) is 0 Å². The second-order valence-corrected chi connectivity index (χ2v) is 7.08. The Kier molecular flexibility index (Phi) is 7.24. The van der Waals surface area contributed by atoms with Crippen LogP contribution >= 0.6 is 0 Å². The summed E-state index contributed by atoms with van der Waals surface area (Å²) in [4.78, 5) is 15.8. The first-order chi connectivity index (χ1) is 12.7. The van der Waals surface area contributed by atoms with E-state index in [0.717, 1.165) is 63.6 Å². The van der Waals surface area contributed by atoms with Gasteiger partial charge in [-0.05, 0) is 26.3 Å². The van der Waals surface area contributed by atoms with E-state index in [1.54, 1.807) is 6.33 Å². The molecule has 0 spiro atoms. The van der Waals surface area contributed by atoms with Gasteiger partial charge in [-0.3, -0.25) is 4.90 Å². The fourth-order valence-electron chi connectivity index (χ4n) is 3.51. The van der Waals surface area contributed by atoms with Gasteiger partial charge >= 0.3 is 0 Å². The third kappa shape index (κ3) is 5.66. The number of anilines is 1. The van der Waals surface area contributed by atoms with Crippen LogP contribution < -0.4 is 4.90 Å². The highest BCUT2D eigenvalue weighted by atomic mass is 16.5. The molecule has 0 unspecified atom stereocenters. The minimum atomic E-state index is 0.316. The summed E-state index contributed by atoms with van der Waals surface area (Å²) in [7, 11) is 0. The smallest absolute Gasteiger partial charge is 0.132 e. The summed E-state index contributed by atoms with van der Waals surface area (Å²) in [5.74, 6) is 7.49. The zero-order valence-corrected chi connectivity index (χ0v) is 16.2. The molecule has 0 N–H and O–H groups in total. The van der Waals surface area contributed by atoms with E-state index in [-0.39, 0.29) is 0 Å². The minimum absolute atomic E-state index is 0.316. The summed E-state index contributed by atoms with van der Waals surface area (Å²) >= 11 is 0. The van der Waals surface area contributed by atoms with Gasteiger partial charge in [-0.2, -0.15) is 0 Å². The predicted molar refractivity (Wildman–Crippen MR) is 104 cm³/mol. The van der Waals surface area contributed by atoms with Crippen molar-refractivity contribution in [2.45, 2.75) is 32.8 Å². The van der Waals surface area contributed by atoms with Crippen LogP contribution in [0.25, 0.3) is 0 Å². The first-order valence-electron chi connectivity index (χ1n) is 9.80. The number of piperazine rings is 1. The first kappa shape index (κ1) is 19.1. The van der Waals surface area contributed by atoms with Crippen LogP contribution in [0.4, 0.5) is 5.82 Å². The Labute approximate surface area is 157 Å². The van der Waals surface area contributed by atoms with Crippen molar-refractivity contribution in [3.8, 4) is 11.8 Å². The molecule has 3 heterocycles. The first-order valence-corrected chi connectivity index (χ1v) is 9.80. The molecule has 2 saturated heterocycles. The maximum Gasteiger partial charge on any atom is 0.132 e. The summed E-state index contributed by atoms with van der Waals surface area (Å²) in [5.41, 5.74) is 1.01. The van der Waals surface area contributed by atoms with E-state index < -0.39 is 0 Å². The standard InChI is InChI=1S/C20H31N5O/c1-3-23-11-13-24(14-12-23)8-4-5-15-26-19-6-9-25(10-7-19)20-16-18(2)21-17-22-20/h16-17,19H,3,6-15H2,1-2H3. The molecule has 1 aromatic rings. The Morgan fingerprint density at radius 3 is 2.46 bits per heavy atom. The lowest BCUT2D eigenvalue weighted by Crippen LogP contribution is -2.46. The van der Waals surface area contributed by atoms with Crippen LogP contribution in [0.2, 0.25) is 0 Å². The quantitative estimate of drug-likeness (QED) is 0.743. The summed E-state index contributed by atoms with van der Waals surface area (Å²) in [6.45, 7) is 13.4. The summed E-state index contributed by atoms with van der Waals surface area (Å²) in [6, 6.07) is 2.05. The van der Waals surface area contributed by atoms with E-state index in [2.05, 4.69) is 43.4 Å². The number of aromatic nitrogens is 2. The average molecular weight is 358 g/mol. The maximum atomic E-state index is 5.95. The number of nitrogens with zero attached hydrogens (tertiary/aromatic N) is 5. The molecule has 0 aliphatic carbocycles. The molecule has 0 saturated carbocycles. The number of rotatable bonds is 5. The summed E-state index contributed by atoms with van der Waals surface area (Å²) in [6.07, 6.45) is 4.02. The average Bonchev–Trinajstić information content (AvgIpc) is 2.69. The van der Waals surface area contributed by atoms with E-state index in [1.165, 1.54) is 13.1 Å². The van der Waals surface area contributed by atoms with Gasteiger partial charge in [0.05, 0.1) is 12.6 Å². The van der Waals surface area contributed by atoms with Gasteiger partial charge in [0.2, 0.25) is 0 Å². The largest absolute Gasteiger partial charge is 0.365 e. The number of aryl methyl sites for hydroxylation is 1. The van der Waals surface area contributed by atoms with Crippen molar-refractivity contribution in [3.05, 3.63) is 18.1 Å². The molecule has 0 bridgehead atoms. The van der Waals surface area contributed by atoms with Crippen molar-refractivity contribution < 1.29 is 4.74 Å². The second kappa shape index (κ2) is 9.86.